The summed E-state index contributed by atoms with van der Waals surface area (Å²) in [6.45, 7) is 9.51. The Morgan fingerprint density at radius 2 is 2.07 bits per heavy atom. The van der Waals surface area contributed by atoms with Crippen molar-refractivity contribution in [2.24, 2.45) is 5.41 Å². The molecule has 158 valence electrons. The summed E-state index contributed by atoms with van der Waals surface area (Å²) in [6, 6.07) is 1.80. The molecule has 2 aliphatic heterocycles. The van der Waals surface area contributed by atoms with Gasteiger partial charge in [0.2, 0.25) is 0 Å². The van der Waals surface area contributed by atoms with Gasteiger partial charge in [-0.15, -0.1) is 0 Å². The van der Waals surface area contributed by atoms with Crippen LogP contribution in [-0.4, -0.2) is 53.5 Å². The van der Waals surface area contributed by atoms with Gasteiger partial charge in [0.1, 0.15) is 16.3 Å². The average Bonchev–Trinajstić information content (AvgIpc) is 2.92. The lowest BCUT2D eigenvalue weighted by Gasteiger charge is -2.43. The van der Waals surface area contributed by atoms with Gasteiger partial charge in [-0.1, -0.05) is 11.6 Å². The lowest BCUT2D eigenvalue weighted by Crippen LogP contribution is -2.55. The minimum absolute atomic E-state index is 0.0910. The van der Waals surface area contributed by atoms with E-state index in [2.05, 4.69) is 36.1 Å². The zero-order chi connectivity index (χ0) is 21.4. The maximum Gasteiger partial charge on any atom is 0.407 e. The van der Waals surface area contributed by atoms with Gasteiger partial charge in [0.15, 0.2) is 16.7 Å². The number of anilines is 1. The third kappa shape index (κ3) is 4.76. The number of amides is 1. The second-order valence-corrected chi connectivity index (χ2v) is 9.69. The third-order valence-corrected chi connectivity index (χ3v) is 6.19. The van der Waals surface area contributed by atoms with Crippen LogP contribution in [0.1, 0.15) is 46.2 Å². The number of halogens is 2. The first kappa shape index (κ1) is 22.1. The van der Waals surface area contributed by atoms with E-state index in [0.717, 1.165) is 12.8 Å². The van der Waals surface area contributed by atoms with Crippen LogP contribution in [0.15, 0.2) is 4.60 Å². The Morgan fingerprint density at radius 1 is 1.41 bits per heavy atom. The fourth-order valence-corrected chi connectivity index (χ4v) is 4.65. The Hall–Kier alpha value is -1.63. The lowest BCUT2D eigenvalue weighted by molar-refractivity contribution is 0.0434. The first-order valence-electron chi connectivity index (χ1n) is 9.54. The van der Waals surface area contributed by atoms with E-state index in [0.29, 0.717) is 30.1 Å². The number of carbonyl (C=O) groups excluding carboxylic acids is 1. The molecule has 1 aromatic rings. The molecule has 3 heterocycles. The van der Waals surface area contributed by atoms with Crippen molar-refractivity contribution in [1.82, 2.24) is 15.3 Å². The van der Waals surface area contributed by atoms with E-state index in [1.54, 1.807) is 0 Å². The molecule has 3 rings (SSSR count). The number of aromatic nitrogens is 2. The quantitative estimate of drug-likeness (QED) is 0.681. The Kier molecular flexibility index (Phi) is 6.27. The summed E-state index contributed by atoms with van der Waals surface area (Å²) in [6.07, 6.45) is 1.10. The summed E-state index contributed by atoms with van der Waals surface area (Å²) in [5, 5.41) is 12.2. The predicted octanol–water partition coefficient (Wildman–Crippen LogP) is 3.66. The first-order chi connectivity index (χ1) is 13.5. The molecule has 10 heteroatoms. The molecular formula is C19H25BrClN5O3. The number of alkyl carbamates (subject to hydrolysis) is 1. The second-order valence-electron chi connectivity index (χ2n) is 8.58. The van der Waals surface area contributed by atoms with Crippen LogP contribution in [0.3, 0.4) is 0 Å². The van der Waals surface area contributed by atoms with Crippen LogP contribution in [0, 0.1) is 16.7 Å². The predicted molar refractivity (Wildman–Crippen MR) is 112 cm³/mol. The SMILES string of the molecule is C[C@@H]1OCC2(CCN(c3nc(Cl)c(C#N)nc3Br)CC2)[C@@H]1NC(=O)OC(C)(C)C. The van der Waals surface area contributed by atoms with Crippen molar-refractivity contribution in [3.8, 4) is 6.07 Å². The molecule has 1 aromatic heterocycles. The fraction of sp³-hybridized carbons (Fsp3) is 0.684. The molecule has 2 saturated heterocycles. The van der Waals surface area contributed by atoms with Crippen molar-refractivity contribution in [2.75, 3.05) is 24.6 Å². The van der Waals surface area contributed by atoms with Crippen LogP contribution < -0.4 is 10.2 Å². The molecule has 1 N–H and O–H groups in total. The third-order valence-electron chi connectivity index (χ3n) is 5.39. The number of carbonyl (C=O) groups is 1. The van der Waals surface area contributed by atoms with E-state index in [4.69, 9.17) is 26.3 Å². The molecule has 2 fully saturated rings. The van der Waals surface area contributed by atoms with Crippen LogP contribution in [0.5, 0.6) is 0 Å². The Labute approximate surface area is 184 Å². The standard InChI is InChI=1S/C19H25BrClN5O3/c1-11-13(24-17(27)29-18(2,3)4)19(10-28-11)5-7-26(8-6-19)16-14(20)23-12(9-22)15(21)25-16/h11,13H,5-8,10H2,1-4H3,(H,24,27)/t11-,13+/m0/s1. The fourth-order valence-electron chi connectivity index (χ4n) is 3.96. The molecule has 0 saturated carbocycles. The van der Waals surface area contributed by atoms with Gasteiger partial charge in [-0.3, -0.25) is 0 Å². The molecule has 1 spiro atoms. The van der Waals surface area contributed by atoms with Crippen molar-refractivity contribution in [2.45, 2.75) is 58.3 Å². The zero-order valence-corrected chi connectivity index (χ0v) is 19.3. The topological polar surface area (TPSA) is 100 Å². The van der Waals surface area contributed by atoms with Crippen LogP contribution >= 0.6 is 27.5 Å². The summed E-state index contributed by atoms with van der Waals surface area (Å²) in [4.78, 5) is 23.0. The van der Waals surface area contributed by atoms with Gasteiger partial charge in [0.05, 0.1) is 18.8 Å². The molecule has 29 heavy (non-hydrogen) atoms. The second kappa shape index (κ2) is 8.25. The molecule has 0 unspecified atom stereocenters. The van der Waals surface area contributed by atoms with E-state index in [1.807, 2.05) is 33.8 Å². The highest BCUT2D eigenvalue weighted by Crippen LogP contribution is 2.43. The molecule has 0 bridgehead atoms. The van der Waals surface area contributed by atoms with Gasteiger partial charge in [0.25, 0.3) is 0 Å². The molecule has 1 amide bonds. The minimum Gasteiger partial charge on any atom is -0.444 e. The Morgan fingerprint density at radius 3 is 2.66 bits per heavy atom. The highest BCUT2D eigenvalue weighted by atomic mass is 79.9. The maximum absolute atomic E-state index is 12.3. The highest BCUT2D eigenvalue weighted by Gasteiger charge is 2.50. The lowest BCUT2D eigenvalue weighted by atomic mass is 9.73. The van der Waals surface area contributed by atoms with E-state index >= 15 is 0 Å². The minimum atomic E-state index is -0.552. The van der Waals surface area contributed by atoms with Crippen molar-refractivity contribution < 1.29 is 14.3 Å². The van der Waals surface area contributed by atoms with Gasteiger partial charge < -0.3 is 19.7 Å². The van der Waals surface area contributed by atoms with E-state index in [9.17, 15) is 4.79 Å². The van der Waals surface area contributed by atoms with Crippen molar-refractivity contribution in [3.63, 3.8) is 0 Å². The van der Waals surface area contributed by atoms with Crippen LogP contribution in [0.4, 0.5) is 10.6 Å². The van der Waals surface area contributed by atoms with E-state index < -0.39 is 11.7 Å². The largest absolute Gasteiger partial charge is 0.444 e. The van der Waals surface area contributed by atoms with Crippen molar-refractivity contribution in [3.05, 3.63) is 15.5 Å². The summed E-state index contributed by atoms with van der Waals surface area (Å²) < 4.78 is 11.9. The zero-order valence-electron chi connectivity index (χ0n) is 17.0. The molecule has 0 aromatic carbocycles. The number of ether oxygens (including phenoxy) is 2. The molecule has 0 aliphatic carbocycles. The van der Waals surface area contributed by atoms with Crippen LogP contribution in [-0.2, 0) is 9.47 Å². The van der Waals surface area contributed by atoms with Crippen LogP contribution in [0.25, 0.3) is 0 Å². The number of nitrogens with zero attached hydrogens (tertiary/aromatic N) is 4. The summed E-state index contributed by atoms with van der Waals surface area (Å²) in [5.41, 5.74) is -0.623. The Balaban J connectivity index is 1.72. The number of nitriles is 1. The van der Waals surface area contributed by atoms with Crippen molar-refractivity contribution >= 4 is 39.4 Å². The number of nitrogens with one attached hydrogen (secondary N) is 1. The van der Waals surface area contributed by atoms with Gasteiger partial charge in [-0.05, 0) is 56.5 Å². The van der Waals surface area contributed by atoms with E-state index in [1.165, 1.54) is 0 Å². The molecular weight excluding hydrogens is 462 g/mol. The van der Waals surface area contributed by atoms with Gasteiger partial charge in [0, 0.05) is 18.5 Å². The molecule has 2 atom stereocenters. The number of rotatable bonds is 2. The van der Waals surface area contributed by atoms with E-state index in [-0.39, 0.29) is 28.4 Å². The summed E-state index contributed by atoms with van der Waals surface area (Å²) in [5.74, 6) is 0.618. The van der Waals surface area contributed by atoms with Gasteiger partial charge in [-0.2, -0.15) is 5.26 Å². The maximum atomic E-state index is 12.3. The summed E-state index contributed by atoms with van der Waals surface area (Å²) >= 11 is 9.46. The number of hydrogen-bond acceptors (Lipinski definition) is 7. The van der Waals surface area contributed by atoms with Crippen molar-refractivity contribution in [1.29, 1.82) is 5.26 Å². The van der Waals surface area contributed by atoms with Crippen LogP contribution in [0.2, 0.25) is 5.15 Å². The highest BCUT2D eigenvalue weighted by molar-refractivity contribution is 9.10. The van der Waals surface area contributed by atoms with Gasteiger partial charge >= 0.3 is 6.09 Å². The number of hydrogen-bond donors (Lipinski definition) is 1. The summed E-state index contributed by atoms with van der Waals surface area (Å²) in [7, 11) is 0. The number of piperidine rings is 1. The average molecular weight is 487 g/mol. The first-order valence-corrected chi connectivity index (χ1v) is 10.7. The molecule has 8 nitrogen and oxygen atoms in total. The molecule has 2 aliphatic rings. The Bertz CT molecular complexity index is 830. The smallest absolute Gasteiger partial charge is 0.407 e. The molecule has 0 radical (unpaired) electrons. The normalized spacial score (nSPS) is 23.7. The van der Waals surface area contributed by atoms with Gasteiger partial charge in [-0.25, -0.2) is 14.8 Å². The monoisotopic (exact) mass is 485 g/mol.